The Bertz CT molecular complexity index is 643. The molecule has 0 unspecified atom stereocenters. The summed E-state index contributed by atoms with van der Waals surface area (Å²) in [5, 5.41) is 2.79. The van der Waals surface area contributed by atoms with Crippen LogP contribution in [0.15, 0.2) is 48.5 Å². The molecule has 0 spiro atoms. The molecule has 0 aliphatic rings. The molecule has 6 heteroatoms. The first-order valence-corrected chi connectivity index (χ1v) is 8.09. The standard InChI is InChI=1S/C19H22FNO4/c1-23-16-8-10-18(11-9-16)25-14-19(22)21-12-2-3-13-24-17-6-4-15(20)5-7-17/h4-11H,2-3,12-14H2,1H3,(H,21,22). The van der Waals surface area contributed by atoms with Gasteiger partial charge in [0.15, 0.2) is 6.61 Å². The van der Waals surface area contributed by atoms with Crippen LogP contribution in [0.2, 0.25) is 0 Å². The van der Waals surface area contributed by atoms with Gasteiger partial charge < -0.3 is 19.5 Å². The molecule has 2 rings (SSSR count). The van der Waals surface area contributed by atoms with Gasteiger partial charge in [-0.05, 0) is 61.4 Å². The lowest BCUT2D eigenvalue weighted by atomic mass is 10.3. The molecule has 0 saturated heterocycles. The van der Waals surface area contributed by atoms with E-state index in [2.05, 4.69) is 5.32 Å². The van der Waals surface area contributed by atoms with Crippen molar-refractivity contribution >= 4 is 5.91 Å². The SMILES string of the molecule is COc1ccc(OCC(=O)NCCCCOc2ccc(F)cc2)cc1. The number of ether oxygens (including phenoxy) is 3. The lowest BCUT2D eigenvalue weighted by Crippen LogP contribution is -2.29. The minimum absolute atomic E-state index is 0.0294. The van der Waals surface area contributed by atoms with E-state index in [9.17, 15) is 9.18 Å². The second-order valence-corrected chi connectivity index (χ2v) is 5.32. The number of hydrogen-bond donors (Lipinski definition) is 1. The topological polar surface area (TPSA) is 56.8 Å². The fraction of sp³-hybridized carbons (Fsp3) is 0.316. The third-order valence-electron chi connectivity index (χ3n) is 3.41. The molecular formula is C19H22FNO4. The Kier molecular flexibility index (Phi) is 7.56. The van der Waals surface area contributed by atoms with E-state index in [1.807, 2.05) is 0 Å². The molecule has 0 bridgehead atoms. The molecule has 134 valence electrons. The molecule has 1 N–H and O–H groups in total. The van der Waals surface area contributed by atoms with Crippen LogP contribution in [-0.4, -0.2) is 32.8 Å². The van der Waals surface area contributed by atoms with Crippen molar-refractivity contribution in [1.29, 1.82) is 0 Å². The van der Waals surface area contributed by atoms with E-state index in [1.54, 1.807) is 43.5 Å². The Morgan fingerprint density at radius 2 is 1.52 bits per heavy atom. The summed E-state index contributed by atoms with van der Waals surface area (Å²) < 4.78 is 28.7. The largest absolute Gasteiger partial charge is 0.497 e. The number of unbranched alkanes of at least 4 members (excludes halogenated alkanes) is 1. The molecule has 0 fully saturated rings. The van der Waals surface area contributed by atoms with Crippen molar-refractivity contribution in [2.75, 3.05) is 26.9 Å². The summed E-state index contributed by atoms with van der Waals surface area (Å²) in [5.41, 5.74) is 0. The van der Waals surface area contributed by atoms with Gasteiger partial charge in [0.1, 0.15) is 23.1 Å². The van der Waals surface area contributed by atoms with E-state index in [-0.39, 0.29) is 18.3 Å². The first kappa shape index (κ1) is 18.6. The van der Waals surface area contributed by atoms with Crippen LogP contribution in [0, 0.1) is 5.82 Å². The van der Waals surface area contributed by atoms with Gasteiger partial charge in [-0.15, -0.1) is 0 Å². The molecule has 0 radical (unpaired) electrons. The number of nitrogens with one attached hydrogen (secondary N) is 1. The van der Waals surface area contributed by atoms with Crippen molar-refractivity contribution in [1.82, 2.24) is 5.32 Å². The minimum atomic E-state index is -0.285. The zero-order valence-corrected chi connectivity index (χ0v) is 14.2. The smallest absolute Gasteiger partial charge is 0.257 e. The summed E-state index contributed by atoms with van der Waals surface area (Å²) in [7, 11) is 1.59. The quantitative estimate of drug-likeness (QED) is 0.671. The predicted octanol–water partition coefficient (Wildman–Crippen LogP) is 3.19. The van der Waals surface area contributed by atoms with E-state index in [0.29, 0.717) is 24.7 Å². The second-order valence-electron chi connectivity index (χ2n) is 5.32. The average Bonchev–Trinajstić information content (AvgIpc) is 2.64. The van der Waals surface area contributed by atoms with E-state index in [0.717, 1.165) is 18.6 Å². The third-order valence-corrected chi connectivity index (χ3v) is 3.41. The van der Waals surface area contributed by atoms with Crippen LogP contribution in [0.5, 0.6) is 17.2 Å². The van der Waals surface area contributed by atoms with Gasteiger partial charge in [0.25, 0.3) is 5.91 Å². The number of rotatable bonds is 10. The molecule has 2 aromatic carbocycles. The lowest BCUT2D eigenvalue weighted by Gasteiger charge is -2.09. The Hall–Kier alpha value is -2.76. The molecule has 0 atom stereocenters. The van der Waals surface area contributed by atoms with Gasteiger partial charge in [-0.25, -0.2) is 4.39 Å². The Morgan fingerprint density at radius 3 is 2.20 bits per heavy atom. The summed E-state index contributed by atoms with van der Waals surface area (Å²) in [5.74, 6) is 1.53. The molecule has 0 saturated carbocycles. The van der Waals surface area contributed by atoms with E-state index in [1.165, 1.54) is 12.1 Å². The van der Waals surface area contributed by atoms with Crippen LogP contribution >= 0.6 is 0 Å². The van der Waals surface area contributed by atoms with Crippen molar-refractivity contribution in [2.45, 2.75) is 12.8 Å². The maximum Gasteiger partial charge on any atom is 0.257 e. The van der Waals surface area contributed by atoms with E-state index < -0.39 is 0 Å². The lowest BCUT2D eigenvalue weighted by molar-refractivity contribution is -0.123. The number of halogens is 1. The van der Waals surface area contributed by atoms with Gasteiger partial charge in [0.2, 0.25) is 0 Å². The van der Waals surface area contributed by atoms with Crippen molar-refractivity contribution in [2.24, 2.45) is 0 Å². The number of carbonyl (C=O) groups excluding carboxylic acids is 1. The first-order valence-electron chi connectivity index (χ1n) is 8.09. The highest BCUT2D eigenvalue weighted by Gasteiger charge is 2.02. The van der Waals surface area contributed by atoms with Gasteiger partial charge in [0.05, 0.1) is 13.7 Å². The monoisotopic (exact) mass is 347 g/mol. The van der Waals surface area contributed by atoms with E-state index >= 15 is 0 Å². The van der Waals surface area contributed by atoms with Crippen molar-refractivity contribution in [3.05, 3.63) is 54.3 Å². The molecule has 2 aromatic rings. The summed E-state index contributed by atoms with van der Waals surface area (Å²) in [6.07, 6.45) is 1.58. The second kappa shape index (κ2) is 10.2. The highest BCUT2D eigenvalue weighted by molar-refractivity contribution is 5.77. The van der Waals surface area contributed by atoms with Gasteiger partial charge in [-0.1, -0.05) is 0 Å². The first-order chi connectivity index (χ1) is 12.2. The number of benzene rings is 2. The highest BCUT2D eigenvalue weighted by Crippen LogP contribution is 2.16. The molecular weight excluding hydrogens is 325 g/mol. The average molecular weight is 347 g/mol. The normalized spacial score (nSPS) is 10.2. The maximum absolute atomic E-state index is 12.7. The molecule has 0 aromatic heterocycles. The predicted molar refractivity (Wildman–Crippen MR) is 92.6 cm³/mol. The fourth-order valence-electron chi connectivity index (χ4n) is 2.05. The van der Waals surface area contributed by atoms with Crippen LogP contribution in [0.4, 0.5) is 4.39 Å². The van der Waals surface area contributed by atoms with Gasteiger partial charge in [0, 0.05) is 6.54 Å². The molecule has 0 aliphatic heterocycles. The Balaban J connectivity index is 1.52. The summed E-state index contributed by atoms with van der Waals surface area (Å²) in [6, 6.07) is 12.9. The molecule has 0 heterocycles. The third kappa shape index (κ3) is 7.12. The summed E-state index contributed by atoms with van der Waals surface area (Å²) in [6.45, 7) is 1.04. The maximum atomic E-state index is 12.7. The van der Waals surface area contributed by atoms with Crippen LogP contribution < -0.4 is 19.5 Å². The minimum Gasteiger partial charge on any atom is -0.497 e. The Labute approximate surface area is 146 Å². The van der Waals surface area contributed by atoms with Gasteiger partial charge in [-0.3, -0.25) is 4.79 Å². The van der Waals surface area contributed by atoms with Crippen LogP contribution in [0.1, 0.15) is 12.8 Å². The zero-order valence-electron chi connectivity index (χ0n) is 14.2. The molecule has 1 amide bonds. The Morgan fingerprint density at radius 1 is 0.920 bits per heavy atom. The van der Waals surface area contributed by atoms with Crippen molar-refractivity contribution in [3.63, 3.8) is 0 Å². The fourth-order valence-corrected chi connectivity index (χ4v) is 2.05. The molecule has 5 nitrogen and oxygen atoms in total. The summed E-state index contributed by atoms with van der Waals surface area (Å²) in [4.78, 5) is 11.7. The zero-order chi connectivity index (χ0) is 17.9. The molecule has 0 aliphatic carbocycles. The van der Waals surface area contributed by atoms with Crippen molar-refractivity contribution in [3.8, 4) is 17.2 Å². The van der Waals surface area contributed by atoms with Crippen LogP contribution in [-0.2, 0) is 4.79 Å². The van der Waals surface area contributed by atoms with Gasteiger partial charge in [-0.2, -0.15) is 0 Å². The number of hydrogen-bond acceptors (Lipinski definition) is 4. The number of amides is 1. The van der Waals surface area contributed by atoms with Crippen LogP contribution in [0.3, 0.4) is 0 Å². The number of carbonyl (C=O) groups is 1. The number of methoxy groups -OCH3 is 1. The van der Waals surface area contributed by atoms with Gasteiger partial charge >= 0.3 is 0 Å². The highest BCUT2D eigenvalue weighted by atomic mass is 19.1. The van der Waals surface area contributed by atoms with E-state index in [4.69, 9.17) is 14.2 Å². The van der Waals surface area contributed by atoms with Crippen LogP contribution in [0.25, 0.3) is 0 Å². The van der Waals surface area contributed by atoms with Crippen molar-refractivity contribution < 1.29 is 23.4 Å². The molecule has 25 heavy (non-hydrogen) atoms. The summed E-state index contributed by atoms with van der Waals surface area (Å²) >= 11 is 0.